The molecule has 2 aliphatic carbocycles. The molecule has 2 unspecified atom stereocenters. The first-order valence-corrected chi connectivity index (χ1v) is 4.64. The van der Waals surface area contributed by atoms with Gasteiger partial charge in [-0.15, -0.1) is 0 Å². The summed E-state index contributed by atoms with van der Waals surface area (Å²) in [4.78, 5) is 22.5. The number of hydrogen-bond donors (Lipinski definition) is 1. The molecule has 0 aromatic rings. The lowest BCUT2D eigenvalue weighted by Gasteiger charge is -2.24. The summed E-state index contributed by atoms with van der Waals surface area (Å²) < 4.78 is 4.69. The molecule has 14 heavy (non-hydrogen) atoms. The molecule has 2 rings (SSSR count). The van der Waals surface area contributed by atoms with E-state index in [1.807, 2.05) is 0 Å². The van der Waals surface area contributed by atoms with Gasteiger partial charge in [-0.1, -0.05) is 6.08 Å². The first-order chi connectivity index (χ1) is 6.60. The van der Waals surface area contributed by atoms with E-state index in [1.54, 1.807) is 6.08 Å². The number of esters is 1. The molecule has 0 spiro atoms. The predicted octanol–water partition coefficient (Wildman–Crippen LogP) is 0.970. The number of methoxy groups -OCH3 is 1. The Kier molecular flexibility index (Phi) is 1.87. The van der Waals surface area contributed by atoms with Crippen LogP contribution in [0.3, 0.4) is 0 Å². The van der Waals surface area contributed by atoms with Crippen molar-refractivity contribution in [1.29, 1.82) is 0 Å². The minimum Gasteiger partial charge on any atom is -0.478 e. The number of carboxylic acid groups (broad SMARTS) is 1. The quantitative estimate of drug-likeness (QED) is 0.668. The molecule has 76 valence electrons. The third kappa shape index (κ3) is 0.997. The number of allylic oxidation sites excluding steroid dienone is 1. The van der Waals surface area contributed by atoms with Gasteiger partial charge in [0.1, 0.15) is 5.41 Å². The van der Waals surface area contributed by atoms with Crippen molar-refractivity contribution in [2.24, 2.45) is 11.3 Å². The molecular weight excluding hydrogens is 184 g/mol. The highest BCUT2D eigenvalue weighted by molar-refractivity contribution is 5.98. The van der Waals surface area contributed by atoms with E-state index in [9.17, 15) is 9.59 Å². The summed E-state index contributed by atoms with van der Waals surface area (Å²) in [6.07, 6.45) is 3.83. The second kappa shape index (κ2) is 2.83. The molecule has 0 radical (unpaired) electrons. The van der Waals surface area contributed by atoms with Gasteiger partial charge in [-0.05, 0) is 25.2 Å². The van der Waals surface area contributed by atoms with Crippen molar-refractivity contribution in [3.63, 3.8) is 0 Å². The zero-order chi connectivity index (χ0) is 10.3. The summed E-state index contributed by atoms with van der Waals surface area (Å²) in [5.74, 6) is -1.14. The second-order valence-corrected chi connectivity index (χ2v) is 3.96. The fraction of sp³-hybridized carbons (Fsp3) is 0.600. The molecule has 2 atom stereocenters. The lowest BCUT2D eigenvalue weighted by atomic mass is 9.80. The van der Waals surface area contributed by atoms with Crippen LogP contribution in [-0.4, -0.2) is 24.2 Å². The summed E-state index contributed by atoms with van der Waals surface area (Å²) in [5.41, 5.74) is -0.605. The van der Waals surface area contributed by atoms with Crippen LogP contribution < -0.4 is 0 Å². The van der Waals surface area contributed by atoms with E-state index in [2.05, 4.69) is 0 Å². The average molecular weight is 196 g/mol. The minimum atomic E-state index is -0.988. The Bertz CT molecular complexity index is 331. The smallest absolute Gasteiger partial charge is 0.332 e. The number of aliphatic carboxylic acids is 1. The highest BCUT2D eigenvalue weighted by atomic mass is 16.5. The van der Waals surface area contributed by atoms with E-state index in [0.29, 0.717) is 12.8 Å². The van der Waals surface area contributed by atoms with Crippen LogP contribution >= 0.6 is 0 Å². The van der Waals surface area contributed by atoms with Gasteiger partial charge in [0.15, 0.2) is 0 Å². The first-order valence-electron chi connectivity index (χ1n) is 4.64. The third-order valence-electron chi connectivity index (χ3n) is 3.28. The Morgan fingerprint density at radius 1 is 1.64 bits per heavy atom. The van der Waals surface area contributed by atoms with Crippen LogP contribution in [0, 0.1) is 11.3 Å². The molecule has 4 heteroatoms. The molecule has 1 fully saturated rings. The van der Waals surface area contributed by atoms with Crippen molar-refractivity contribution < 1.29 is 19.4 Å². The first kappa shape index (κ1) is 9.24. The Balaban J connectivity index is 2.39. The van der Waals surface area contributed by atoms with Crippen LogP contribution in [0.25, 0.3) is 0 Å². The van der Waals surface area contributed by atoms with Crippen LogP contribution in [-0.2, 0) is 14.3 Å². The maximum absolute atomic E-state index is 11.6. The molecule has 4 nitrogen and oxygen atoms in total. The van der Waals surface area contributed by atoms with E-state index in [4.69, 9.17) is 9.84 Å². The van der Waals surface area contributed by atoms with Crippen LogP contribution in [0.15, 0.2) is 11.6 Å². The topological polar surface area (TPSA) is 63.6 Å². The molecule has 0 aromatic heterocycles. The number of carboxylic acids is 1. The molecular formula is C10H12O4. The van der Waals surface area contributed by atoms with E-state index >= 15 is 0 Å². The van der Waals surface area contributed by atoms with Gasteiger partial charge in [0.05, 0.1) is 12.7 Å². The number of hydrogen-bond acceptors (Lipinski definition) is 3. The molecule has 0 aliphatic heterocycles. The number of ether oxygens (including phenoxy) is 1. The van der Waals surface area contributed by atoms with Crippen LogP contribution in [0.5, 0.6) is 0 Å². The maximum atomic E-state index is 11.6. The predicted molar refractivity (Wildman–Crippen MR) is 47.5 cm³/mol. The van der Waals surface area contributed by atoms with Crippen molar-refractivity contribution >= 4 is 11.9 Å². The van der Waals surface area contributed by atoms with Gasteiger partial charge in [0, 0.05) is 0 Å². The summed E-state index contributed by atoms with van der Waals surface area (Å²) in [5, 5.41) is 8.97. The zero-order valence-corrected chi connectivity index (χ0v) is 7.95. The largest absolute Gasteiger partial charge is 0.478 e. The van der Waals surface area contributed by atoms with Crippen molar-refractivity contribution in [2.75, 3.05) is 7.11 Å². The van der Waals surface area contributed by atoms with Gasteiger partial charge in [-0.3, -0.25) is 4.79 Å². The molecule has 0 heterocycles. The molecule has 2 aliphatic rings. The lowest BCUT2D eigenvalue weighted by molar-refractivity contribution is -0.152. The fourth-order valence-electron chi connectivity index (χ4n) is 2.63. The van der Waals surface area contributed by atoms with Crippen LogP contribution in [0.4, 0.5) is 0 Å². The fourth-order valence-corrected chi connectivity index (χ4v) is 2.63. The van der Waals surface area contributed by atoms with Crippen molar-refractivity contribution in [3.8, 4) is 0 Å². The van der Waals surface area contributed by atoms with E-state index in [0.717, 1.165) is 6.42 Å². The number of fused-ring (bicyclic) bond motifs is 2. The van der Waals surface area contributed by atoms with Gasteiger partial charge in [0.2, 0.25) is 0 Å². The number of rotatable bonds is 2. The standard InChI is InChI=1S/C10H12O4/c1-14-9(13)10-3-2-6(5-10)4-7(10)8(11)12/h4,6H,2-3,5H2,1H3,(H,11,12). The molecule has 1 N–H and O–H groups in total. The average Bonchev–Trinajstić information content (AvgIpc) is 2.74. The Morgan fingerprint density at radius 2 is 2.36 bits per heavy atom. The van der Waals surface area contributed by atoms with Gasteiger partial charge in [-0.2, -0.15) is 0 Å². The normalized spacial score (nSPS) is 34.1. The minimum absolute atomic E-state index is 0.237. The van der Waals surface area contributed by atoms with Crippen molar-refractivity contribution in [1.82, 2.24) is 0 Å². The van der Waals surface area contributed by atoms with Gasteiger partial charge >= 0.3 is 11.9 Å². The molecule has 2 bridgehead atoms. The van der Waals surface area contributed by atoms with Crippen LogP contribution in [0.1, 0.15) is 19.3 Å². The van der Waals surface area contributed by atoms with E-state index < -0.39 is 17.4 Å². The Hall–Kier alpha value is -1.32. The molecule has 0 aromatic carbocycles. The summed E-state index contributed by atoms with van der Waals surface area (Å²) in [6.45, 7) is 0. The number of carbonyl (C=O) groups excluding carboxylic acids is 1. The second-order valence-electron chi connectivity index (χ2n) is 3.96. The highest BCUT2D eigenvalue weighted by Gasteiger charge is 2.55. The van der Waals surface area contributed by atoms with Gasteiger partial charge < -0.3 is 9.84 Å². The Morgan fingerprint density at radius 3 is 2.86 bits per heavy atom. The van der Waals surface area contributed by atoms with E-state index in [1.165, 1.54) is 7.11 Å². The highest BCUT2D eigenvalue weighted by Crippen LogP contribution is 2.54. The summed E-state index contributed by atoms with van der Waals surface area (Å²) in [6, 6.07) is 0. The van der Waals surface area contributed by atoms with Crippen molar-refractivity contribution in [3.05, 3.63) is 11.6 Å². The van der Waals surface area contributed by atoms with E-state index in [-0.39, 0.29) is 11.5 Å². The third-order valence-corrected chi connectivity index (χ3v) is 3.28. The summed E-state index contributed by atoms with van der Waals surface area (Å²) in [7, 11) is 1.31. The maximum Gasteiger partial charge on any atom is 0.332 e. The number of carbonyl (C=O) groups is 2. The van der Waals surface area contributed by atoms with Crippen molar-refractivity contribution in [2.45, 2.75) is 19.3 Å². The monoisotopic (exact) mass is 196 g/mol. The molecule has 0 amide bonds. The Labute approximate surface area is 81.6 Å². The lowest BCUT2D eigenvalue weighted by Crippen LogP contribution is -2.33. The van der Waals surface area contributed by atoms with Gasteiger partial charge in [-0.25, -0.2) is 4.79 Å². The molecule has 1 saturated carbocycles. The SMILES string of the molecule is COC(=O)C12CCC(C=C1C(=O)O)C2. The zero-order valence-electron chi connectivity index (χ0n) is 7.95. The van der Waals surface area contributed by atoms with Crippen LogP contribution in [0.2, 0.25) is 0 Å². The van der Waals surface area contributed by atoms with Gasteiger partial charge in [0.25, 0.3) is 0 Å². The summed E-state index contributed by atoms with van der Waals surface area (Å²) >= 11 is 0. The molecule has 0 saturated heterocycles.